The van der Waals surface area contributed by atoms with Gasteiger partial charge in [0, 0.05) is 0 Å². The predicted molar refractivity (Wildman–Crippen MR) is 138 cm³/mol. The molecule has 1 aromatic carbocycles. The number of hydrogen-bond acceptors (Lipinski definition) is 4. The first-order valence-electron chi connectivity index (χ1n) is 11.4. The molecule has 3 aliphatic rings. The van der Waals surface area contributed by atoms with E-state index >= 15 is 0 Å². The summed E-state index contributed by atoms with van der Waals surface area (Å²) in [6.45, 7) is 31.0. The summed E-state index contributed by atoms with van der Waals surface area (Å²) in [5.74, 6) is 0. The average molecular weight is 509 g/mol. The molecule has 3 aliphatic heterocycles. The van der Waals surface area contributed by atoms with Crippen LogP contribution in [0.2, 0.25) is 58.9 Å². The summed E-state index contributed by atoms with van der Waals surface area (Å²) < 4.78 is 11.2. The first kappa shape index (κ1) is 23.9. The van der Waals surface area contributed by atoms with Crippen LogP contribution in [0.25, 0.3) is 0 Å². The normalized spacial score (nSPS) is 28.8. The summed E-state index contributed by atoms with van der Waals surface area (Å²) in [5.41, 5.74) is 0. The molecule has 0 unspecified atom stereocenters. The van der Waals surface area contributed by atoms with Crippen LogP contribution in [0.15, 0.2) is 30.3 Å². The topological polar surface area (TPSA) is 13.0 Å². The van der Waals surface area contributed by atoms with E-state index in [1.165, 1.54) is 39.3 Å². The molecule has 0 atom stereocenters. The third-order valence-corrected chi connectivity index (χ3v) is 38.2. The molecule has 4 rings (SSSR count). The Bertz CT molecular complexity index is 632. The van der Waals surface area contributed by atoms with Gasteiger partial charge >= 0.3 is 187 Å². The molecule has 164 valence electrons. The standard InChI is InChI=1S/C21H44GeN4Si3/c1-27(2,3)24-18-15-23-16-19-25(28(4,5)6)22(24,21-13-11-10-12-14-21)26(20-17-23)29(7,8)9/h10-14H,15-20H2,1-9H3. The summed E-state index contributed by atoms with van der Waals surface area (Å²) in [4.78, 5) is 2.77. The molecule has 0 saturated carbocycles. The number of fused-ring (bicyclic) bond motifs is 6. The van der Waals surface area contributed by atoms with Gasteiger partial charge in [0.1, 0.15) is 0 Å². The van der Waals surface area contributed by atoms with Crippen molar-refractivity contribution in [2.24, 2.45) is 0 Å². The molecule has 3 fully saturated rings. The molecule has 1 aromatic rings. The van der Waals surface area contributed by atoms with Crippen molar-refractivity contribution >= 4 is 43.0 Å². The van der Waals surface area contributed by atoms with Crippen LogP contribution in [-0.2, 0) is 0 Å². The summed E-state index contributed by atoms with van der Waals surface area (Å²) in [7, 11) is -4.61. The molecular formula is C21H44GeN4Si3. The first-order valence-corrected chi connectivity index (χ1v) is 25.6. The van der Waals surface area contributed by atoms with Crippen molar-refractivity contribution < 1.29 is 0 Å². The van der Waals surface area contributed by atoms with Crippen LogP contribution in [0.5, 0.6) is 0 Å². The molecule has 29 heavy (non-hydrogen) atoms. The monoisotopic (exact) mass is 510 g/mol. The van der Waals surface area contributed by atoms with E-state index in [1.54, 1.807) is 4.40 Å². The van der Waals surface area contributed by atoms with Gasteiger partial charge < -0.3 is 0 Å². The van der Waals surface area contributed by atoms with Gasteiger partial charge in [0.2, 0.25) is 0 Å². The van der Waals surface area contributed by atoms with Crippen LogP contribution in [0.3, 0.4) is 0 Å². The van der Waals surface area contributed by atoms with E-state index in [2.05, 4.69) is 105 Å². The minimum absolute atomic E-state index is 1.25. The molecule has 0 amide bonds. The van der Waals surface area contributed by atoms with Gasteiger partial charge in [-0.15, -0.1) is 0 Å². The summed E-state index contributed by atoms with van der Waals surface area (Å²) in [5, 5.41) is 0. The molecule has 3 saturated heterocycles. The Morgan fingerprint density at radius 1 is 0.552 bits per heavy atom. The second-order valence-electron chi connectivity index (χ2n) is 11.8. The van der Waals surface area contributed by atoms with Gasteiger partial charge in [0.15, 0.2) is 0 Å². The molecule has 0 spiro atoms. The maximum absolute atomic E-state index is 3.18. The van der Waals surface area contributed by atoms with Gasteiger partial charge in [-0.25, -0.2) is 0 Å². The second-order valence-corrected chi connectivity index (χ2v) is 36.5. The average Bonchev–Trinajstić information content (AvgIpc) is 2.51. The van der Waals surface area contributed by atoms with Crippen molar-refractivity contribution in [2.75, 3.05) is 39.3 Å². The predicted octanol–water partition coefficient (Wildman–Crippen LogP) is 3.57. The van der Waals surface area contributed by atoms with Crippen molar-refractivity contribution in [3.63, 3.8) is 0 Å². The van der Waals surface area contributed by atoms with Crippen molar-refractivity contribution in [3.05, 3.63) is 30.3 Å². The van der Waals surface area contributed by atoms with Gasteiger partial charge in [-0.1, -0.05) is 0 Å². The third kappa shape index (κ3) is 4.57. The first-order chi connectivity index (χ1) is 13.3. The second kappa shape index (κ2) is 8.31. The van der Waals surface area contributed by atoms with E-state index in [1.807, 2.05) is 0 Å². The quantitative estimate of drug-likeness (QED) is 0.576. The SMILES string of the molecule is C[Si](C)(C)[N]1CCN2CC[N]([Si](C)(C)C)[Ge]1([c]1ccccc1)[N]([Si](C)(C)C)CC2. The molecule has 0 aliphatic carbocycles. The van der Waals surface area contributed by atoms with Gasteiger partial charge in [0.05, 0.1) is 0 Å². The van der Waals surface area contributed by atoms with Crippen molar-refractivity contribution in [1.82, 2.24) is 15.5 Å². The molecule has 2 bridgehead atoms. The van der Waals surface area contributed by atoms with Crippen molar-refractivity contribution in [3.8, 4) is 0 Å². The Morgan fingerprint density at radius 2 is 0.897 bits per heavy atom. The van der Waals surface area contributed by atoms with Crippen LogP contribution >= 0.6 is 0 Å². The van der Waals surface area contributed by atoms with Crippen LogP contribution in [0.1, 0.15) is 0 Å². The maximum atomic E-state index is 3.18. The number of hydrogen-bond donors (Lipinski definition) is 0. The van der Waals surface area contributed by atoms with Gasteiger partial charge in [-0.05, 0) is 0 Å². The van der Waals surface area contributed by atoms with E-state index in [0.717, 1.165) is 0 Å². The van der Waals surface area contributed by atoms with E-state index in [0.29, 0.717) is 0 Å². The molecule has 0 aromatic heterocycles. The van der Waals surface area contributed by atoms with Crippen molar-refractivity contribution in [2.45, 2.75) is 58.9 Å². The van der Waals surface area contributed by atoms with Gasteiger partial charge in [-0.2, -0.15) is 0 Å². The molecule has 3 heterocycles. The van der Waals surface area contributed by atoms with E-state index < -0.39 is 38.6 Å². The van der Waals surface area contributed by atoms with Gasteiger partial charge in [-0.3, -0.25) is 0 Å². The Hall–Kier alpha value is 0.254. The van der Waals surface area contributed by atoms with E-state index in [9.17, 15) is 0 Å². The Balaban J connectivity index is 2.41. The number of nitrogens with zero attached hydrogens (tertiary/aromatic N) is 4. The van der Waals surface area contributed by atoms with Crippen molar-refractivity contribution in [1.29, 1.82) is 0 Å². The van der Waals surface area contributed by atoms with E-state index in [-0.39, 0.29) is 0 Å². The fourth-order valence-corrected chi connectivity index (χ4v) is 43.3. The van der Waals surface area contributed by atoms with E-state index in [4.69, 9.17) is 0 Å². The zero-order valence-electron chi connectivity index (χ0n) is 20.4. The molecule has 8 heteroatoms. The number of rotatable bonds is 4. The zero-order valence-corrected chi connectivity index (χ0v) is 25.5. The molecule has 0 radical (unpaired) electrons. The molecular weight excluding hydrogens is 465 g/mol. The zero-order chi connectivity index (χ0) is 21.7. The molecule has 4 nitrogen and oxygen atoms in total. The number of benzene rings is 1. The van der Waals surface area contributed by atoms with Gasteiger partial charge in [0.25, 0.3) is 0 Å². The Kier molecular flexibility index (Phi) is 6.85. The Morgan fingerprint density at radius 3 is 1.21 bits per heavy atom. The fraction of sp³-hybridized carbons (Fsp3) is 0.714. The van der Waals surface area contributed by atoms with Crippen LogP contribution in [0.4, 0.5) is 0 Å². The van der Waals surface area contributed by atoms with Crippen LogP contribution in [0, 0.1) is 0 Å². The Labute approximate surface area is 186 Å². The summed E-state index contributed by atoms with van der Waals surface area (Å²) in [6, 6.07) is 11.9. The molecule has 0 N–H and O–H groups in total. The van der Waals surface area contributed by atoms with Crippen LogP contribution < -0.4 is 4.40 Å². The third-order valence-electron chi connectivity index (χ3n) is 6.64. The summed E-state index contributed by atoms with van der Waals surface area (Å²) >= 11 is -2.99. The van der Waals surface area contributed by atoms with Crippen LogP contribution in [-0.4, -0.2) is 93.4 Å². The summed E-state index contributed by atoms with van der Waals surface area (Å²) in [6.07, 6.45) is 0. The minimum atomic E-state index is -2.99. The fourth-order valence-electron chi connectivity index (χ4n) is 5.50.